The summed E-state index contributed by atoms with van der Waals surface area (Å²) in [5.41, 5.74) is 12.9. The van der Waals surface area contributed by atoms with Crippen molar-refractivity contribution in [3.63, 3.8) is 0 Å². The number of rotatable bonds is 6. The number of carbonyl (C=O) groups is 1. The summed E-state index contributed by atoms with van der Waals surface area (Å²) in [5, 5.41) is 2.77. The van der Waals surface area contributed by atoms with E-state index in [2.05, 4.69) is 31.2 Å². The van der Waals surface area contributed by atoms with Gasteiger partial charge in [0.15, 0.2) is 5.82 Å². The molecule has 0 bridgehead atoms. The number of H-pyrrole nitrogens is 1. The SMILES string of the molecule is NCCC[C@H](N)CNC(=O)c1nc2cc(Br)ccc2[nH]1. The molecule has 0 fully saturated rings. The van der Waals surface area contributed by atoms with Crippen LogP contribution in [-0.4, -0.2) is 35.0 Å². The van der Waals surface area contributed by atoms with Crippen molar-refractivity contribution in [3.05, 3.63) is 28.5 Å². The second kappa shape index (κ2) is 6.83. The molecule has 1 aromatic heterocycles. The topological polar surface area (TPSA) is 110 Å². The summed E-state index contributed by atoms with van der Waals surface area (Å²) in [6.45, 7) is 1.03. The molecule has 0 radical (unpaired) electrons. The van der Waals surface area contributed by atoms with Crippen LogP contribution in [0.2, 0.25) is 0 Å². The smallest absolute Gasteiger partial charge is 0.287 e. The first-order valence-corrected chi connectivity index (χ1v) is 7.28. The van der Waals surface area contributed by atoms with E-state index in [1.54, 1.807) is 0 Å². The fourth-order valence-corrected chi connectivity index (χ4v) is 2.23. The van der Waals surface area contributed by atoms with E-state index in [4.69, 9.17) is 11.5 Å². The number of aromatic nitrogens is 2. The van der Waals surface area contributed by atoms with Gasteiger partial charge in [-0.05, 0) is 37.6 Å². The Morgan fingerprint density at radius 3 is 3.05 bits per heavy atom. The highest BCUT2D eigenvalue weighted by Crippen LogP contribution is 2.17. The lowest BCUT2D eigenvalue weighted by Gasteiger charge is -2.11. The molecule has 108 valence electrons. The first-order chi connectivity index (χ1) is 9.60. The molecule has 0 aliphatic rings. The van der Waals surface area contributed by atoms with Gasteiger partial charge >= 0.3 is 0 Å². The maximum atomic E-state index is 12.0. The van der Waals surface area contributed by atoms with Crippen molar-refractivity contribution < 1.29 is 4.79 Å². The van der Waals surface area contributed by atoms with Gasteiger partial charge in [-0.2, -0.15) is 0 Å². The second-order valence-corrected chi connectivity index (χ2v) is 5.56. The summed E-state index contributed by atoms with van der Waals surface area (Å²) in [6.07, 6.45) is 1.65. The lowest BCUT2D eigenvalue weighted by molar-refractivity contribution is 0.0941. The molecule has 0 unspecified atom stereocenters. The Balaban J connectivity index is 1.97. The molecule has 1 heterocycles. The Morgan fingerprint density at radius 2 is 2.30 bits per heavy atom. The molecule has 1 aromatic carbocycles. The van der Waals surface area contributed by atoms with Crippen molar-refractivity contribution in [2.45, 2.75) is 18.9 Å². The summed E-state index contributed by atoms with van der Waals surface area (Å²) in [5.74, 6) is 0.0460. The van der Waals surface area contributed by atoms with E-state index < -0.39 is 0 Å². The maximum absolute atomic E-state index is 12.0. The van der Waals surface area contributed by atoms with Crippen LogP contribution >= 0.6 is 15.9 Å². The van der Waals surface area contributed by atoms with Gasteiger partial charge in [-0.25, -0.2) is 4.98 Å². The Labute approximate surface area is 125 Å². The molecule has 6 nitrogen and oxygen atoms in total. The number of aromatic amines is 1. The summed E-state index contributed by atoms with van der Waals surface area (Å²) in [7, 11) is 0. The molecule has 2 rings (SSSR count). The van der Waals surface area contributed by atoms with Crippen molar-refractivity contribution in [2.24, 2.45) is 11.5 Å². The van der Waals surface area contributed by atoms with E-state index in [9.17, 15) is 4.79 Å². The van der Waals surface area contributed by atoms with Gasteiger partial charge in [0.05, 0.1) is 11.0 Å². The van der Waals surface area contributed by atoms with Crippen LogP contribution in [-0.2, 0) is 0 Å². The number of fused-ring (bicyclic) bond motifs is 1. The largest absolute Gasteiger partial charge is 0.348 e. The number of benzene rings is 1. The minimum absolute atomic E-state index is 0.0824. The minimum atomic E-state index is -0.250. The summed E-state index contributed by atoms with van der Waals surface area (Å²) < 4.78 is 0.923. The van der Waals surface area contributed by atoms with Crippen LogP contribution in [0.1, 0.15) is 23.5 Å². The van der Waals surface area contributed by atoms with E-state index in [0.717, 1.165) is 28.3 Å². The number of halogens is 1. The summed E-state index contributed by atoms with van der Waals surface area (Å²) in [4.78, 5) is 19.2. The zero-order chi connectivity index (χ0) is 14.5. The molecule has 2 aromatic rings. The van der Waals surface area contributed by atoms with Crippen LogP contribution in [0.4, 0.5) is 0 Å². The van der Waals surface area contributed by atoms with Crippen LogP contribution in [0.3, 0.4) is 0 Å². The standard InChI is InChI=1S/C13H18BrN5O/c14-8-3-4-10-11(6-8)19-12(18-10)13(20)17-7-9(16)2-1-5-15/h3-4,6,9H,1-2,5,7,15-16H2,(H,17,20)(H,18,19)/t9-/m0/s1. The number of hydrogen-bond acceptors (Lipinski definition) is 4. The van der Waals surface area contributed by atoms with E-state index in [1.165, 1.54) is 0 Å². The number of nitrogens with one attached hydrogen (secondary N) is 2. The summed E-state index contributed by atoms with van der Waals surface area (Å²) >= 11 is 3.37. The highest BCUT2D eigenvalue weighted by atomic mass is 79.9. The maximum Gasteiger partial charge on any atom is 0.287 e. The predicted molar refractivity (Wildman–Crippen MR) is 82.4 cm³/mol. The number of hydrogen-bond donors (Lipinski definition) is 4. The molecule has 1 atom stereocenters. The quantitative estimate of drug-likeness (QED) is 0.632. The van der Waals surface area contributed by atoms with Gasteiger partial charge in [-0.1, -0.05) is 15.9 Å². The predicted octanol–water partition coefficient (Wildman–Crippen LogP) is 1.12. The number of imidazole rings is 1. The Morgan fingerprint density at radius 1 is 1.50 bits per heavy atom. The van der Waals surface area contributed by atoms with Crippen LogP contribution in [0.25, 0.3) is 11.0 Å². The summed E-state index contributed by atoms with van der Waals surface area (Å²) in [6, 6.07) is 5.54. The number of nitrogens with two attached hydrogens (primary N) is 2. The molecule has 0 aliphatic carbocycles. The van der Waals surface area contributed by atoms with Crippen molar-refractivity contribution >= 4 is 32.9 Å². The monoisotopic (exact) mass is 339 g/mol. The fourth-order valence-electron chi connectivity index (χ4n) is 1.88. The molecular weight excluding hydrogens is 322 g/mol. The molecular formula is C13H18BrN5O. The van der Waals surface area contributed by atoms with Gasteiger partial charge in [-0.3, -0.25) is 4.79 Å². The van der Waals surface area contributed by atoms with E-state index >= 15 is 0 Å². The zero-order valence-corrected chi connectivity index (χ0v) is 12.6. The molecule has 6 N–H and O–H groups in total. The fraction of sp³-hybridized carbons (Fsp3) is 0.385. The molecule has 1 amide bonds. The third-order valence-electron chi connectivity index (χ3n) is 2.96. The molecule has 0 aliphatic heterocycles. The van der Waals surface area contributed by atoms with Crippen LogP contribution in [0.15, 0.2) is 22.7 Å². The normalized spacial score (nSPS) is 12.6. The van der Waals surface area contributed by atoms with Gasteiger partial charge in [0.25, 0.3) is 5.91 Å². The van der Waals surface area contributed by atoms with Crippen LogP contribution in [0, 0.1) is 0 Å². The van der Waals surface area contributed by atoms with Crippen molar-refractivity contribution in [1.29, 1.82) is 0 Å². The highest BCUT2D eigenvalue weighted by molar-refractivity contribution is 9.10. The zero-order valence-electron chi connectivity index (χ0n) is 11.0. The van der Waals surface area contributed by atoms with Crippen molar-refractivity contribution in [3.8, 4) is 0 Å². The van der Waals surface area contributed by atoms with Crippen LogP contribution in [0.5, 0.6) is 0 Å². The third kappa shape index (κ3) is 3.78. The number of nitrogens with zero attached hydrogens (tertiary/aromatic N) is 1. The van der Waals surface area contributed by atoms with E-state index in [-0.39, 0.29) is 11.9 Å². The first-order valence-electron chi connectivity index (χ1n) is 6.49. The number of amides is 1. The van der Waals surface area contributed by atoms with E-state index in [1.807, 2.05) is 18.2 Å². The van der Waals surface area contributed by atoms with Gasteiger partial charge in [0, 0.05) is 17.1 Å². The Kier molecular flexibility index (Phi) is 5.11. The van der Waals surface area contributed by atoms with Crippen molar-refractivity contribution in [1.82, 2.24) is 15.3 Å². The molecule has 0 spiro atoms. The molecule has 20 heavy (non-hydrogen) atoms. The average Bonchev–Trinajstić information content (AvgIpc) is 2.85. The minimum Gasteiger partial charge on any atom is -0.348 e. The Hall–Kier alpha value is -1.44. The van der Waals surface area contributed by atoms with Gasteiger partial charge in [0.2, 0.25) is 0 Å². The molecule has 0 saturated carbocycles. The van der Waals surface area contributed by atoms with Gasteiger partial charge in [-0.15, -0.1) is 0 Å². The second-order valence-electron chi connectivity index (χ2n) is 4.65. The molecule has 0 saturated heterocycles. The first kappa shape index (κ1) is 15.0. The van der Waals surface area contributed by atoms with Gasteiger partial charge in [0.1, 0.15) is 0 Å². The molecule has 7 heteroatoms. The lowest BCUT2D eigenvalue weighted by Crippen LogP contribution is -2.37. The van der Waals surface area contributed by atoms with Gasteiger partial charge < -0.3 is 21.8 Å². The third-order valence-corrected chi connectivity index (χ3v) is 3.46. The average molecular weight is 340 g/mol. The lowest BCUT2D eigenvalue weighted by atomic mass is 10.1. The Bertz CT molecular complexity index is 597. The van der Waals surface area contributed by atoms with Crippen molar-refractivity contribution in [2.75, 3.05) is 13.1 Å². The van der Waals surface area contributed by atoms with Crippen LogP contribution < -0.4 is 16.8 Å². The van der Waals surface area contributed by atoms with E-state index in [0.29, 0.717) is 18.9 Å². The highest BCUT2D eigenvalue weighted by Gasteiger charge is 2.12. The number of carbonyl (C=O) groups excluding carboxylic acids is 1.